The molecule has 1 fully saturated rings. The van der Waals surface area contributed by atoms with Crippen molar-refractivity contribution in [2.24, 2.45) is 0 Å². The highest BCUT2D eigenvalue weighted by Crippen LogP contribution is 2.39. The topological polar surface area (TPSA) is 76.1 Å². The molecule has 3 aromatic rings. The Morgan fingerprint density at radius 2 is 2.06 bits per heavy atom. The second kappa shape index (κ2) is 10.3. The van der Waals surface area contributed by atoms with Gasteiger partial charge in [0, 0.05) is 18.8 Å². The van der Waals surface area contributed by atoms with Crippen LogP contribution in [0.25, 0.3) is 0 Å². The fraction of sp³-hybridized carbons (Fsp3) is 0.348. The highest BCUT2D eigenvalue weighted by molar-refractivity contribution is 8.02. The molecule has 1 aromatic heterocycles. The van der Waals surface area contributed by atoms with Gasteiger partial charge >= 0.3 is 0 Å². The summed E-state index contributed by atoms with van der Waals surface area (Å²) in [5, 5.41) is 15.3. The van der Waals surface area contributed by atoms with Crippen molar-refractivity contribution >= 4 is 39.8 Å². The largest absolute Gasteiger partial charge is 0.376 e. The molecule has 2 aromatic carbocycles. The summed E-state index contributed by atoms with van der Waals surface area (Å²) in [6.45, 7) is 5.58. The van der Waals surface area contributed by atoms with Gasteiger partial charge < -0.3 is 15.4 Å². The van der Waals surface area contributed by atoms with Crippen LogP contribution in [0.1, 0.15) is 34.8 Å². The van der Waals surface area contributed by atoms with E-state index >= 15 is 0 Å². The summed E-state index contributed by atoms with van der Waals surface area (Å²) in [5.41, 5.74) is 3.91. The van der Waals surface area contributed by atoms with Gasteiger partial charge in [0.05, 0.1) is 6.10 Å². The van der Waals surface area contributed by atoms with E-state index in [2.05, 4.69) is 20.8 Å². The lowest BCUT2D eigenvalue weighted by molar-refractivity contribution is -0.115. The van der Waals surface area contributed by atoms with E-state index in [-0.39, 0.29) is 12.0 Å². The van der Waals surface area contributed by atoms with E-state index in [4.69, 9.17) is 4.74 Å². The Morgan fingerprint density at radius 3 is 2.84 bits per heavy atom. The molecule has 2 N–H and O–H groups in total. The van der Waals surface area contributed by atoms with Gasteiger partial charge in [0.2, 0.25) is 11.0 Å². The lowest BCUT2D eigenvalue weighted by atomic mass is 10.1. The molecule has 0 aliphatic carbocycles. The molecule has 162 valence electrons. The van der Waals surface area contributed by atoms with Crippen molar-refractivity contribution < 1.29 is 9.53 Å². The van der Waals surface area contributed by atoms with Crippen molar-refractivity contribution in [3.05, 3.63) is 65.2 Å². The number of carbonyl (C=O) groups is 1. The molecule has 31 heavy (non-hydrogen) atoms. The molecule has 4 rings (SSSR count). The van der Waals surface area contributed by atoms with Crippen molar-refractivity contribution in [1.82, 2.24) is 10.2 Å². The molecule has 1 saturated heterocycles. The minimum Gasteiger partial charge on any atom is -0.376 e. The summed E-state index contributed by atoms with van der Waals surface area (Å²) >= 11 is 2.88. The first-order chi connectivity index (χ1) is 15.1. The Morgan fingerprint density at radius 1 is 1.23 bits per heavy atom. The Labute approximate surface area is 190 Å². The Kier molecular flexibility index (Phi) is 7.21. The SMILES string of the molecule is Cc1ccc(C)c(NC(=O)[C@@H](Sc2nnc(NC[C@@H]3CCCO3)s2)c2ccccc2)c1. The third kappa shape index (κ3) is 5.84. The summed E-state index contributed by atoms with van der Waals surface area (Å²) in [7, 11) is 0. The van der Waals surface area contributed by atoms with Crippen LogP contribution in [0.3, 0.4) is 0 Å². The fourth-order valence-electron chi connectivity index (χ4n) is 3.41. The molecular formula is C23H26N4O2S2. The molecule has 1 aliphatic rings. The molecule has 2 atom stereocenters. The molecule has 8 heteroatoms. The summed E-state index contributed by atoms with van der Waals surface area (Å²) in [6.07, 6.45) is 2.42. The second-order valence-electron chi connectivity index (χ2n) is 7.61. The summed E-state index contributed by atoms with van der Waals surface area (Å²) < 4.78 is 6.40. The average Bonchev–Trinajstić information content (AvgIpc) is 3.45. The van der Waals surface area contributed by atoms with Crippen molar-refractivity contribution in [3.8, 4) is 0 Å². The molecule has 0 unspecified atom stereocenters. The van der Waals surface area contributed by atoms with Crippen molar-refractivity contribution in [3.63, 3.8) is 0 Å². The number of anilines is 2. The minimum atomic E-state index is -0.430. The molecule has 1 aliphatic heterocycles. The predicted octanol–water partition coefficient (Wildman–Crippen LogP) is 5.22. The maximum atomic E-state index is 13.3. The van der Waals surface area contributed by atoms with E-state index in [1.165, 1.54) is 23.1 Å². The first-order valence-corrected chi connectivity index (χ1v) is 12.1. The number of carbonyl (C=O) groups excluding carboxylic acids is 1. The average molecular weight is 455 g/mol. The van der Waals surface area contributed by atoms with Crippen molar-refractivity contribution in [2.45, 2.75) is 42.4 Å². The summed E-state index contributed by atoms with van der Waals surface area (Å²) in [6, 6.07) is 15.8. The standard InChI is InChI=1S/C23H26N4O2S2/c1-15-10-11-16(2)19(13-15)25-21(28)20(17-7-4-3-5-8-17)30-23-27-26-22(31-23)24-14-18-9-6-12-29-18/h3-5,7-8,10-11,13,18,20H,6,9,12,14H2,1-2H3,(H,24,26)(H,25,28)/t18-,20-/m0/s1. The van der Waals surface area contributed by atoms with E-state index in [0.717, 1.165) is 57.8 Å². The zero-order chi connectivity index (χ0) is 21.6. The van der Waals surface area contributed by atoms with Crippen LogP contribution in [0.2, 0.25) is 0 Å². The highest BCUT2D eigenvalue weighted by atomic mass is 32.2. The van der Waals surface area contributed by atoms with E-state index < -0.39 is 5.25 Å². The zero-order valence-electron chi connectivity index (χ0n) is 17.6. The molecule has 6 nitrogen and oxygen atoms in total. The van der Waals surface area contributed by atoms with Gasteiger partial charge in [-0.15, -0.1) is 10.2 Å². The number of nitrogens with one attached hydrogen (secondary N) is 2. The van der Waals surface area contributed by atoms with Crippen LogP contribution in [0.5, 0.6) is 0 Å². The number of rotatable bonds is 8. The van der Waals surface area contributed by atoms with Crippen LogP contribution in [0.15, 0.2) is 52.9 Å². The molecule has 0 spiro atoms. The number of amides is 1. The number of thioether (sulfide) groups is 1. The summed E-state index contributed by atoms with van der Waals surface area (Å²) in [5.74, 6) is -0.0750. The molecule has 0 radical (unpaired) electrons. The Balaban J connectivity index is 1.48. The van der Waals surface area contributed by atoms with Gasteiger partial charge in [-0.1, -0.05) is 65.6 Å². The number of aromatic nitrogens is 2. The molecular weight excluding hydrogens is 428 g/mol. The first kappa shape index (κ1) is 21.8. The van der Waals surface area contributed by atoms with E-state index in [9.17, 15) is 4.79 Å². The molecule has 2 heterocycles. The van der Waals surface area contributed by atoms with Gasteiger partial charge in [-0.05, 0) is 49.4 Å². The third-order valence-electron chi connectivity index (χ3n) is 5.12. The maximum Gasteiger partial charge on any atom is 0.242 e. The maximum absolute atomic E-state index is 13.3. The summed E-state index contributed by atoms with van der Waals surface area (Å²) in [4.78, 5) is 13.3. The van der Waals surface area contributed by atoms with Gasteiger partial charge in [-0.3, -0.25) is 4.79 Å². The Hall–Kier alpha value is -2.42. The number of hydrogen-bond donors (Lipinski definition) is 2. The first-order valence-electron chi connectivity index (χ1n) is 10.4. The normalized spacial score (nSPS) is 16.8. The molecule has 0 saturated carbocycles. The fourth-order valence-corrected chi connectivity index (χ4v) is 5.36. The van der Waals surface area contributed by atoms with Crippen LogP contribution < -0.4 is 10.6 Å². The number of benzene rings is 2. The van der Waals surface area contributed by atoms with Gasteiger partial charge in [-0.2, -0.15) is 0 Å². The van der Waals surface area contributed by atoms with E-state index in [0.29, 0.717) is 0 Å². The number of nitrogens with zero attached hydrogens (tertiary/aromatic N) is 2. The van der Waals surface area contributed by atoms with Gasteiger partial charge in [0.25, 0.3) is 0 Å². The Bertz CT molecular complexity index is 1020. The van der Waals surface area contributed by atoms with Crippen LogP contribution in [-0.4, -0.2) is 35.4 Å². The highest BCUT2D eigenvalue weighted by Gasteiger charge is 2.25. The number of aryl methyl sites for hydroxylation is 2. The molecule has 0 bridgehead atoms. The monoisotopic (exact) mass is 454 g/mol. The quantitative estimate of drug-likeness (QED) is 0.455. The van der Waals surface area contributed by atoms with E-state index in [1.54, 1.807) is 0 Å². The zero-order valence-corrected chi connectivity index (χ0v) is 19.3. The lowest BCUT2D eigenvalue weighted by Gasteiger charge is -2.17. The van der Waals surface area contributed by atoms with Crippen LogP contribution in [0, 0.1) is 13.8 Å². The predicted molar refractivity (Wildman–Crippen MR) is 127 cm³/mol. The van der Waals surface area contributed by atoms with Crippen LogP contribution in [0.4, 0.5) is 10.8 Å². The van der Waals surface area contributed by atoms with Crippen LogP contribution in [-0.2, 0) is 9.53 Å². The number of hydrogen-bond acceptors (Lipinski definition) is 7. The second-order valence-corrected chi connectivity index (χ2v) is 9.93. The van der Waals surface area contributed by atoms with Gasteiger partial charge in [0.1, 0.15) is 5.25 Å². The molecule has 1 amide bonds. The van der Waals surface area contributed by atoms with Crippen LogP contribution >= 0.6 is 23.1 Å². The van der Waals surface area contributed by atoms with Crippen molar-refractivity contribution in [1.29, 1.82) is 0 Å². The van der Waals surface area contributed by atoms with E-state index in [1.807, 2.05) is 62.4 Å². The van der Waals surface area contributed by atoms with Crippen molar-refractivity contribution in [2.75, 3.05) is 23.8 Å². The van der Waals surface area contributed by atoms with Gasteiger partial charge in [-0.25, -0.2) is 0 Å². The lowest BCUT2D eigenvalue weighted by Crippen LogP contribution is -2.19. The van der Waals surface area contributed by atoms with Gasteiger partial charge in [0.15, 0.2) is 4.34 Å². The third-order valence-corrected chi connectivity index (χ3v) is 7.34. The number of ether oxygens (including phenoxy) is 1. The minimum absolute atomic E-state index is 0.0750. The smallest absolute Gasteiger partial charge is 0.242 e.